The van der Waals surface area contributed by atoms with Gasteiger partial charge in [0.2, 0.25) is 0 Å². The lowest BCUT2D eigenvalue weighted by Gasteiger charge is -2.42. The van der Waals surface area contributed by atoms with Crippen LogP contribution in [0.2, 0.25) is 15.1 Å². The van der Waals surface area contributed by atoms with Crippen LogP contribution < -0.4 is 10.2 Å². The molecule has 0 unspecified atom stereocenters. The second kappa shape index (κ2) is 10.9. The first-order chi connectivity index (χ1) is 13.9. The summed E-state index contributed by atoms with van der Waals surface area (Å²) in [4.78, 5) is 2.49. The Kier molecular flexibility index (Phi) is 8.56. The monoisotopic (exact) mass is 452 g/mol. The van der Waals surface area contributed by atoms with Crippen molar-refractivity contribution >= 4 is 40.5 Å². The minimum Gasteiger partial charge on any atom is -0.364 e. The van der Waals surface area contributed by atoms with Crippen molar-refractivity contribution in [3.63, 3.8) is 0 Å². The molecular formula is C24H31Cl3N2. The largest absolute Gasteiger partial charge is 0.364 e. The topological polar surface area (TPSA) is 15.3 Å². The minimum atomic E-state index is 0.256. The van der Waals surface area contributed by atoms with Gasteiger partial charge in [0.05, 0.1) is 6.04 Å². The first kappa shape index (κ1) is 22.7. The highest BCUT2D eigenvalue weighted by atomic mass is 35.5. The van der Waals surface area contributed by atoms with E-state index in [9.17, 15) is 0 Å². The number of nitrogens with zero attached hydrogens (tertiary/aromatic N) is 1. The fraction of sp³-hybridized carbons (Fsp3) is 0.500. The predicted molar refractivity (Wildman–Crippen MR) is 128 cm³/mol. The van der Waals surface area contributed by atoms with Gasteiger partial charge in [-0.15, -0.1) is 0 Å². The molecule has 158 valence electrons. The van der Waals surface area contributed by atoms with Crippen molar-refractivity contribution in [2.24, 2.45) is 11.8 Å². The molecule has 1 aliphatic heterocycles. The van der Waals surface area contributed by atoms with Crippen molar-refractivity contribution in [3.05, 3.63) is 63.1 Å². The van der Waals surface area contributed by atoms with Gasteiger partial charge in [0, 0.05) is 27.3 Å². The Morgan fingerprint density at radius 3 is 2.38 bits per heavy atom. The van der Waals surface area contributed by atoms with Gasteiger partial charge in [-0.2, -0.15) is 0 Å². The summed E-state index contributed by atoms with van der Waals surface area (Å²) >= 11 is 18.8. The number of nitrogens with one attached hydrogen (secondary N) is 1. The number of piperidine rings is 1. The summed E-state index contributed by atoms with van der Waals surface area (Å²) in [6.07, 6.45) is 4.72. The maximum absolute atomic E-state index is 6.58. The maximum atomic E-state index is 6.58. The van der Waals surface area contributed by atoms with E-state index in [0.717, 1.165) is 47.6 Å². The maximum Gasteiger partial charge on any atom is 0.0557 e. The molecule has 0 amide bonds. The average Bonchev–Trinajstić information content (AvgIpc) is 2.68. The third kappa shape index (κ3) is 6.52. The molecule has 3 rings (SSSR count). The zero-order valence-electron chi connectivity index (χ0n) is 17.3. The summed E-state index contributed by atoms with van der Waals surface area (Å²) < 4.78 is 0. The normalized spacial score (nSPS) is 19.7. The Balaban J connectivity index is 1.71. The highest BCUT2D eigenvalue weighted by Crippen LogP contribution is 2.41. The smallest absolute Gasteiger partial charge is 0.0557 e. The summed E-state index contributed by atoms with van der Waals surface area (Å²) in [5, 5.41) is 5.80. The molecule has 29 heavy (non-hydrogen) atoms. The van der Waals surface area contributed by atoms with Crippen LogP contribution in [0.25, 0.3) is 0 Å². The van der Waals surface area contributed by atoms with Crippen molar-refractivity contribution in [1.82, 2.24) is 5.32 Å². The Morgan fingerprint density at radius 2 is 1.69 bits per heavy atom. The first-order valence-electron chi connectivity index (χ1n) is 10.6. The van der Waals surface area contributed by atoms with E-state index < -0.39 is 0 Å². The lowest BCUT2D eigenvalue weighted by Crippen LogP contribution is -2.39. The second-order valence-corrected chi connectivity index (χ2v) is 9.76. The van der Waals surface area contributed by atoms with Crippen LogP contribution in [0.3, 0.4) is 0 Å². The fourth-order valence-corrected chi connectivity index (χ4v) is 4.78. The molecule has 0 saturated carbocycles. The quantitative estimate of drug-likeness (QED) is 0.413. The Bertz CT molecular complexity index is 776. The van der Waals surface area contributed by atoms with Crippen molar-refractivity contribution in [1.29, 1.82) is 0 Å². The van der Waals surface area contributed by atoms with Gasteiger partial charge < -0.3 is 10.2 Å². The molecule has 2 aromatic rings. The van der Waals surface area contributed by atoms with Crippen LogP contribution in [0.1, 0.15) is 51.1 Å². The lowest BCUT2D eigenvalue weighted by molar-refractivity contribution is 0.337. The summed E-state index contributed by atoms with van der Waals surface area (Å²) in [5.41, 5.74) is 2.35. The first-order valence-corrected chi connectivity index (χ1v) is 11.7. The Hall–Kier alpha value is -0.930. The van der Waals surface area contributed by atoms with E-state index >= 15 is 0 Å². The van der Waals surface area contributed by atoms with E-state index in [4.69, 9.17) is 34.8 Å². The van der Waals surface area contributed by atoms with Crippen molar-refractivity contribution < 1.29 is 0 Å². The molecule has 1 aliphatic rings. The van der Waals surface area contributed by atoms with Crippen LogP contribution in [0.4, 0.5) is 5.69 Å². The van der Waals surface area contributed by atoms with Gasteiger partial charge in [0.1, 0.15) is 0 Å². The summed E-state index contributed by atoms with van der Waals surface area (Å²) in [6.45, 7) is 7.76. The van der Waals surface area contributed by atoms with E-state index in [-0.39, 0.29) is 6.04 Å². The lowest BCUT2D eigenvalue weighted by atomic mass is 9.86. The molecule has 0 aliphatic carbocycles. The van der Waals surface area contributed by atoms with Crippen LogP contribution in [-0.4, -0.2) is 19.6 Å². The highest BCUT2D eigenvalue weighted by molar-refractivity contribution is 6.35. The predicted octanol–water partition coefficient (Wildman–Crippen LogP) is 7.63. The molecule has 2 nitrogen and oxygen atoms in total. The molecular weight excluding hydrogens is 423 g/mol. The Morgan fingerprint density at radius 1 is 0.966 bits per heavy atom. The summed E-state index contributed by atoms with van der Waals surface area (Å²) in [7, 11) is 0. The molecule has 1 heterocycles. The minimum absolute atomic E-state index is 0.256. The molecule has 0 aromatic heterocycles. The number of hydrogen-bond acceptors (Lipinski definition) is 2. The van der Waals surface area contributed by atoms with Gasteiger partial charge in [-0.1, -0.05) is 54.7 Å². The standard InChI is InChI=1S/C24H31Cl3N2/c1-17(2)11-13-28-14-12-18-3-10-24(22-9-6-20(26)15-23(22)27)29(16-18)21-7-4-19(25)5-8-21/h4-9,15,17-18,24,28H,3,10-14,16H2,1-2H3/t18-,24-/m0/s1. The molecule has 0 bridgehead atoms. The average molecular weight is 454 g/mol. The third-order valence-corrected chi connectivity index (χ3v) is 6.60. The number of halogens is 3. The molecule has 1 N–H and O–H groups in total. The van der Waals surface area contributed by atoms with Crippen LogP contribution in [0, 0.1) is 11.8 Å². The van der Waals surface area contributed by atoms with Crippen molar-refractivity contribution in [2.75, 3.05) is 24.5 Å². The van der Waals surface area contributed by atoms with Crippen LogP contribution >= 0.6 is 34.8 Å². The van der Waals surface area contributed by atoms with Gasteiger partial charge in [-0.05, 0) is 92.6 Å². The number of hydrogen-bond donors (Lipinski definition) is 1. The molecule has 1 fully saturated rings. The van der Waals surface area contributed by atoms with Crippen LogP contribution in [0.15, 0.2) is 42.5 Å². The van der Waals surface area contributed by atoms with E-state index in [1.54, 1.807) is 0 Å². The van der Waals surface area contributed by atoms with E-state index in [0.29, 0.717) is 10.9 Å². The molecule has 1 saturated heterocycles. The van der Waals surface area contributed by atoms with Crippen LogP contribution in [0.5, 0.6) is 0 Å². The van der Waals surface area contributed by atoms with Crippen molar-refractivity contribution in [2.45, 2.75) is 45.6 Å². The van der Waals surface area contributed by atoms with Gasteiger partial charge in [0.15, 0.2) is 0 Å². The second-order valence-electron chi connectivity index (χ2n) is 8.47. The number of anilines is 1. The molecule has 0 radical (unpaired) electrons. The molecule has 0 spiro atoms. The van der Waals surface area contributed by atoms with E-state index in [2.05, 4.69) is 42.3 Å². The molecule has 5 heteroatoms. The Labute approximate surface area is 190 Å². The highest BCUT2D eigenvalue weighted by Gasteiger charge is 2.30. The summed E-state index contributed by atoms with van der Waals surface area (Å²) in [5.74, 6) is 1.42. The zero-order chi connectivity index (χ0) is 20.8. The van der Waals surface area contributed by atoms with Gasteiger partial charge in [0.25, 0.3) is 0 Å². The van der Waals surface area contributed by atoms with Gasteiger partial charge in [-0.3, -0.25) is 0 Å². The van der Waals surface area contributed by atoms with E-state index in [1.807, 2.05) is 24.3 Å². The molecule has 2 aromatic carbocycles. The van der Waals surface area contributed by atoms with Gasteiger partial charge >= 0.3 is 0 Å². The SMILES string of the molecule is CC(C)CCNCC[C@@H]1CC[C@@H](c2ccc(Cl)cc2Cl)N(c2ccc(Cl)cc2)C1. The van der Waals surface area contributed by atoms with Crippen molar-refractivity contribution in [3.8, 4) is 0 Å². The van der Waals surface area contributed by atoms with Gasteiger partial charge in [-0.25, -0.2) is 0 Å². The number of rotatable bonds is 8. The molecule has 2 atom stereocenters. The number of benzene rings is 2. The third-order valence-electron chi connectivity index (χ3n) is 5.79. The van der Waals surface area contributed by atoms with E-state index in [1.165, 1.54) is 24.9 Å². The van der Waals surface area contributed by atoms with Crippen LogP contribution in [-0.2, 0) is 0 Å². The fourth-order valence-electron chi connectivity index (χ4n) is 4.12. The summed E-state index contributed by atoms with van der Waals surface area (Å²) in [6, 6.07) is 14.3. The zero-order valence-corrected chi connectivity index (χ0v) is 19.6.